The van der Waals surface area contributed by atoms with Crippen molar-refractivity contribution in [3.05, 3.63) is 57.0 Å². The fourth-order valence-corrected chi connectivity index (χ4v) is 3.89. The van der Waals surface area contributed by atoms with Gasteiger partial charge in [-0.25, -0.2) is 0 Å². The summed E-state index contributed by atoms with van der Waals surface area (Å²) in [5, 5.41) is 11.9. The quantitative estimate of drug-likeness (QED) is 0.419. The monoisotopic (exact) mass is 430 g/mol. The molecule has 1 unspecified atom stereocenters. The SMILES string of the molecule is COC(=O)CC(NC(=O)CCn1c(-c2ccc(C)cc2)n[nH]c1=S)c1cccs1. The highest BCUT2D eigenvalue weighted by Crippen LogP contribution is 2.23. The molecule has 2 N–H and O–H groups in total. The Morgan fingerprint density at radius 3 is 2.72 bits per heavy atom. The molecule has 0 saturated carbocycles. The smallest absolute Gasteiger partial charge is 0.307 e. The van der Waals surface area contributed by atoms with Gasteiger partial charge in [0.15, 0.2) is 10.6 Å². The summed E-state index contributed by atoms with van der Waals surface area (Å²) < 4.78 is 7.01. The van der Waals surface area contributed by atoms with Crippen LogP contribution >= 0.6 is 23.6 Å². The second-order valence-electron chi connectivity index (χ2n) is 6.54. The van der Waals surface area contributed by atoms with Crippen LogP contribution in [0.4, 0.5) is 0 Å². The number of nitrogens with one attached hydrogen (secondary N) is 2. The van der Waals surface area contributed by atoms with E-state index in [1.165, 1.54) is 18.4 Å². The number of nitrogens with zero attached hydrogens (tertiary/aromatic N) is 2. The molecule has 3 rings (SSSR count). The summed E-state index contributed by atoms with van der Waals surface area (Å²) >= 11 is 6.82. The molecule has 0 aliphatic carbocycles. The molecule has 0 fully saturated rings. The van der Waals surface area contributed by atoms with Crippen LogP contribution in [0.2, 0.25) is 0 Å². The Labute approximate surface area is 177 Å². The van der Waals surface area contributed by atoms with E-state index in [0.29, 0.717) is 17.1 Å². The highest BCUT2D eigenvalue weighted by molar-refractivity contribution is 7.71. The van der Waals surface area contributed by atoms with Crippen LogP contribution < -0.4 is 5.32 Å². The van der Waals surface area contributed by atoms with E-state index in [4.69, 9.17) is 17.0 Å². The van der Waals surface area contributed by atoms with Gasteiger partial charge >= 0.3 is 5.97 Å². The lowest BCUT2D eigenvalue weighted by molar-refractivity contribution is -0.141. The molecule has 0 aliphatic heterocycles. The van der Waals surface area contributed by atoms with E-state index in [-0.39, 0.29) is 24.7 Å². The van der Waals surface area contributed by atoms with E-state index < -0.39 is 6.04 Å². The molecule has 1 atom stereocenters. The maximum atomic E-state index is 12.6. The first-order valence-corrected chi connectivity index (χ1v) is 10.4. The predicted molar refractivity (Wildman–Crippen MR) is 114 cm³/mol. The Bertz CT molecular complexity index is 1020. The van der Waals surface area contributed by atoms with Gasteiger partial charge in [-0.15, -0.1) is 11.3 Å². The van der Waals surface area contributed by atoms with E-state index in [1.807, 2.05) is 48.7 Å². The van der Waals surface area contributed by atoms with Crippen LogP contribution in [-0.4, -0.2) is 33.8 Å². The van der Waals surface area contributed by atoms with Gasteiger partial charge in [0.25, 0.3) is 0 Å². The minimum atomic E-state index is -0.413. The molecule has 2 aromatic heterocycles. The van der Waals surface area contributed by atoms with Crippen molar-refractivity contribution < 1.29 is 14.3 Å². The van der Waals surface area contributed by atoms with E-state index in [2.05, 4.69) is 15.5 Å². The number of carbonyl (C=O) groups excluding carboxylic acids is 2. The number of hydrogen-bond donors (Lipinski definition) is 2. The average molecular weight is 431 g/mol. The fourth-order valence-electron chi connectivity index (χ4n) is 2.89. The number of ether oxygens (including phenoxy) is 1. The van der Waals surface area contributed by atoms with E-state index >= 15 is 0 Å². The number of amides is 1. The number of hydrogen-bond acceptors (Lipinski definition) is 6. The van der Waals surface area contributed by atoms with Gasteiger partial charge in [0.2, 0.25) is 5.91 Å². The van der Waals surface area contributed by atoms with E-state index in [9.17, 15) is 9.59 Å². The molecule has 152 valence electrons. The van der Waals surface area contributed by atoms with Crippen LogP contribution in [0.1, 0.15) is 29.3 Å². The zero-order valence-corrected chi connectivity index (χ0v) is 17.8. The van der Waals surface area contributed by atoms with Crippen molar-refractivity contribution >= 4 is 35.4 Å². The van der Waals surface area contributed by atoms with Gasteiger partial charge in [0.05, 0.1) is 19.6 Å². The Hall–Kier alpha value is -2.78. The summed E-state index contributed by atoms with van der Waals surface area (Å²) in [6.45, 7) is 2.39. The molecule has 1 amide bonds. The van der Waals surface area contributed by atoms with E-state index in [1.54, 1.807) is 4.57 Å². The summed E-state index contributed by atoms with van der Waals surface area (Å²) in [4.78, 5) is 25.2. The number of aromatic amines is 1. The van der Waals surface area contributed by atoms with Gasteiger partial charge in [-0.1, -0.05) is 35.9 Å². The van der Waals surface area contributed by atoms with Crippen molar-refractivity contribution in [2.75, 3.05) is 7.11 Å². The first-order chi connectivity index (χ1) is 14.0. The van der Waals surface area contributed by atoms with Crippen molar-refractivity contribution in [2.45, 2.75) is 32.4 Å². The Morgan fingerprint density at radius 1 is 1.31 bits per heavy atom. The standard InChI is InChI=1S/C20H22N4O3S2/c1-13-5-7-14(8-6-13)19-22-23-20(28)24(19)10-9-17(25)21-15(12-18(26)27-2)16-4-3-11-29-16/h3-8,11,15H,9-10,12H2,1-2H3,(H,21,25)(H,23,28). The summed E-state index contributed by atoms with van der Waals surface area (Å²) in [5.74, 6) is 0.139. The van der Waals surface area contributed by atoms with E-state index in [0.717, 1.165) is 16.0 Å². The Balaban J connectivity index is 1.69. The Morgan fingerprint density at radius 2 is 2.07 bits per heavy atom. The molecule has 9 heteroatoms. The lowest BCUT2D eigenvalue weighted by Gasteiger charge is -2.16. The number of rotatable bonds is 8. The number of aromatic nitrogens is 3. The lowest BCUT2D eigenvalue weighted by Crippen LogP contribution is -2.30. The number of carbonyl (C=O) groups is 2. The zero-order chi connectivity index (χ0) is 20.8. The lowest BCUT2D eigenvalue weighted by atomic mass is 10.1. The van der Waals surface area contributed by atoms with Crippen LogP contribution in [0, 0.1) is 11.7 Å². The largest absolute Gasteiger partial charge is 0.469 e. The molecule has 0 bridgehead atoms. The number of thiophene rings is 1. The number of methoxy groups -OCH3 is 1. The molecule has 7 nitrogen and oxygen atoms in total. The number of H-pyrrole nitrogens is 1. The number of benzene rings is 1. The molecule has 0 saturated heterocycles. The van der Waals surface area contributed by atoms with Crippen molar-refractivity contribution in [3.63, 3.8) is 0 Å². The molecule has 1 aromatic carbocycles. The predicted octanol–water partition coefficient (Wildman–Crippen LogP) is 3.79. The van der Waals surface area contributed by atoms with Gasteiger partial charge < -0.3 is 10.1 Å². The minimum absolute atomic E-state index is 0.0858. The van der Waals surface area contributed by atoms with Gasteiger partial charge in [0.1, 0.15) is 0 Å². The molecule has 2 heterocycles. The van der Waals surface area contributed by atoms with Crippen molar-refractivity contribution in [1.82, 2.24) is 20.1 Å². The highest BCUT2D eigenvalue weighted by atomic mass is 32.1. The first kappa shape index (κ1) is 20.9. The van der Waals surface area contributed by atoms with Crippen LogP contribution in [0.5, 0.6) is 0 Å². The van der Waals surface area contributed by atoms with Crippen LogP contribution in [-0.2, 0) is 20.9 Å². The highest BCUT2D eigenvalue weighted by Gasteiger charge is 2.20. The topological polar surface area (TPSA) is 89.0 Å². The first-order valence-electron chi connectivity index (χ1n) is 9.09. The molecule has 0 radical (unpaired) electrons. The second-order valence-corrected chi connectivity index (χ2v) is 7.90. The second kappa shape index (κ2) is 9.62. The van der Waals surface area contributed by atoms with Gasteiger partial charge in [-0.05, 0) is 30.6 Å². The summed E-state index contributed by atoms with van der Waals surface area (Å²) in [6, 6.07) is 11.3. The minimum Gasteiger partial charge on any atom is -0.469 e. The third-order valence-corrected chi connectivity index (χ3v) is 5.75. The third-order valence-electron chi connectivity index (χ3n) is 4.45. The number of esters is 1. The van der Waals surface area contributed by atoms with Crippen LogP contribution in [0.15, 0.2) is 41.8 Å². The normalized spacial score (nSPS) is 11.8. The van der Waals surface area contributed by atoms with Gasteiger partial charge in [-0.2, -0.15) is 5.10 Å². The number of aryl methyl sites for hydroxylation is 1. The van der Waals surface area contributed by atoms with Crippen molar-refractivity contribution in [1.29, 1.82) is 0 Å². The van der Waals surface area contributed by atoms with Crippen LogP contribution in [0.3, 0.4) is 0 Å². The molecular weight excluding hydrogens is 408 g/mol. The van der Waals surface area contributed by atoms with Crippen LogP contribution in [0.25, 0.3) is 11.4 Å². The average Bonchev–Trinajstić information content (AvgIpc) is 3.36. The van der Waals surface area contributed by atoms with Gasteiger partial charge in [-0.3, -0.25) is 19.3 Å². The summed E-state index contributed by atoms with van der Waals surface area (Å²) in [7, 11) is 1.34. The molecule has 0 aliphatic rings. The summed E-state index contributed by atoms with van der Waals surface area (Å²) in [5.41, 5.74) is 2.07. The molecule has 0 spiro atoms. The zero-order valence-electron chi connectivity index (χ0n) is 16.2. The molecule has 3 aromatic rings. The summed E-state index contributed by atoms with van der Waals surface area (Å²) in [6.07, 6.45) is 0.290. The van der Waals surface area contributed by atoms with Crippen molar-refractivity contribution in [3.8, 4) is 11.4 Å². The van der Waals surface area contributed by atoms with Crippen molar-refractivity contribution in [2.24, 2.45) is 0 Å². The van der Waals surface area contributed by atoms with Gasteiger partial charge in [0, 0.05) is 23.4 Å². The maximum absolute atomic E-state index is 12.6. The Kier molecular flexibility index (Phi) is 6.95. The fraction of sp³-hybridized carbons (Fsp3) is 0.300. The molecule has 29 heavy (non-hydrogen) atoms. The maximum Gasteiger partial charge on any atom is 0.307 e. The molecular formula is C20H22N4O3S2. The third kappa shape index (κ3) is 5.39.